The molecular formula is C21H22N4O3S. The number of methoxy groups -OCH3 is 1. The summed E-state index contributed by atoms with van der Waals surface area (Å²) in [6.07, 6.45) is 5.94. The Morgan fingerprint density at radius 3 is 3.17 bits per heavy atom. The summed E-state index contributed by atoms with van der Waals surface area (Å²) in [5, 5.41) is 4.63. The molecule has 150 valence electrons. The molecule has 29 heavy (non-hydrogen) atoms. The van der Waals surface area contributed by atoms with E-state index in [1.807, 2.05) is 18.2 Å². The van der Waals surface area contributed by atoms with Gasteiger partial charge in [-0.15, -0.1) is 11.3 Å². The molecule has 0 radical (unpaired) electrons. The van der Waals surface area contributed by atoms with Crippen molar-refractivity contribution in [2.75, 3.05) is 7.11 Å². The SMILES string of the molecule is COc1cccc(/C=N/NC(=O)Cn2cnc3sc4c(c3c2=O)CC[C@@H](C)C4)c1. The van der Waals surface area contributed by atoms with Crippen molar-refractivity contribution in [1.82, 2.24) is 15.0 Å². The number of aryl methyl sites for hydroxylation is 1. The Hall–Kier alpha value is -3.00. The first-order valence-corrected chi connectivity index (χ1v) is 10.3. The minimum Gasteiger partial charge on any atom is -0.497 e. The van der Waals surface area contributed by atoms with Crippen LogP contribution < -0.4 is 15.7 Å². The number of hydrogen-bond acceptors (Lipinski definition) is 6. The summed E-state index contributed by atoms with van der Waals surface area (Å²) in [6.45, 7) is 2.10. The number of benzene rings is 1. The Morgan fingerprint density at radius 1 is 1.48 bits per heavy atom. The number of hydrazone groups is 1. The van der Waals surface area contributed by atoms with Crippen molar-refractivity contribution in [3.8, 4) is 5.75 Å². The van der Waals surface area contributed by atoms with Crippen molar-refractivity contribution in [3.63, 3.8) is 0 Å². The third-order valence-electron chi connectivity index (χ3n) is 5.09. The van der Waals surface area contributed by atoms with E-state index in [1.165, 1.54) is 22.0 Å². The molecule has 2 heterocycles. The largest absolute Gasteiger partial charge is 0.497 e. The molecule has 1 aliphatic carbocycles. The minimum absolute atomic E-state index is 0.127. The van der Waals surface area contributed by atoms with E-state index in [9.17, 15) is 9.59 Å². The molecular weight excluding hydrogens is 388 g/mol. The fourth-order valence-electron chi connectivity index (χ4n) is 3.57. The molecule has 0 bridgehead atoms. The lowest BCUT2D eigenvalue weighted by Crippen LogP contribution is -2.30. The minimum atomic E-state index is -0.384. The summed E-state index contributed by atoms with van der Waals surface area (Å²) < 4.78 is 6.51. The van der Waals surface area contributed by atoms with Crippen molar-refractivity contribution in [3.05, 3.63) is 57.0 Å². The maximum Gasteiger partial charge on any atom is 0.262 e. The van der Waals surface area contributed by atoms with E-state index in [0.29, 0.717) is 17.1 Å². The first-order valence-electron chi connectivity index (χ1n) is 9.51. The number of fused-ring (bicyclic) bond motifs is 3. The number of amides is 1. The zero-order valence-electron chi connectivity index (χ0n) is 16.3. The van der Waals surface area contributed by atoms with Gasteiger partial charge in [0.1, 0.15) is 17.1 Å². The average Bonchev–Trinajstić information content (AvgIpc) is 3.08. The fraction of sp³-hybridized carbons (Fsp3) is 0.333. The summed E-state index contributed by atoms with van der Waals surface area (Å²) >= 11 is 1.60. The summed E-state index contributed by atoms with van der Waals surface area (Å²) in [4.78, 5) is 31.6. The van der Waals surface area contributed by atoms with Crippen LogP contribution in [0.1, 0.15) is 29.3 Å². The topological polar surface area (TPSA) is 85.6 Å². The highest BCUT2D eigenvalue weighted by Gasteiger charge is 2.23. The number of carbonyl (C=O) groups excluding carboxylic acids is 1. The molecule has 1 N–H and O–H groups in total. The number of aromatic nitrogens is 2. The van der Waals surface area contributed by atoms with Crippen LogP contribution in [0.5, 0.6) is 5.75 Å². The van der Waals surface area contributed by atoms with Gasteiger partial charge in [-0.05, 0) is 48.4 Å². The van der Waals surface area contributed by atoms with E-state index in [0.717, 1.165) is 35.2 Å². The van der Waals surface area contributed by atoms with Crippen LogP contribution >= 0.6 is 11.3 Å². The normalized spacial score (nSPS) is 16.1. The van der Waals surface area contributed by atoms with Gasteiger partial charge in [0.15, 0.2) is 0 Å². The number of hydrogen-bond donors (Lipinski definition) is 1. The number of nitrogens with one attached hydrogen (secondary N) is 1. The third-order valence-corrected chi connectivity index (χ3v) is 6.26. The molecule has 2 aromatic heterocycles. The van der Waals surface area contributed by atoms with Gasteiger partial charge in [-0.2, -0.15) is 5.10 Å². The highest BCUT2D eigenvalue weighted by molar-refractivity contribution is 7.18. The molecule has 1 aliphatic rings. The molecule has 7 nitrogen and oxygen atoms in total. The number of rotatable bonds is 5. The number of nitrogens with zero attached hydrogens (tertiary/aromatic N) is 3. The molecule has 0 spiro atoms. The van der Waals surface area contributed by atoms with Gasteiger partial charge in [0.2, 0.25) is 0 Å². The van der Waals surface area contributed by atoms with Crippen molar-refractivity contribution < 1.29 is 9.53 Å². The van der Waals surface area contributed by atoms with Gasteiger partial charge in [-0.3, -0.25) is 14.2 Å². The predicted octanol–water partition coefficient (Wildman–Crippen LogP) is 2.74. The molecule has 0 unspecified atom stereocenters. The maximum atomic E-state index is 12.9. The molecule has 0 aliphatic heterocycles. The zero-order chi connectivity index (χ0) is 20.4. The van der Waals surface area contributed by atoms with Gasteiger partial charge in [0.25, 0.3) is 11.5 Å². The quantitative estimate of drug-likeness (QED) is 0.518. The van der Waals surface area contributed by atoms with Gasteiger partial charge >= 0.3 is 0 Å². The molecule has 1 aromatic carbocycles. The van der Waals surface area contributed by atoms with Gasteiger partial charge in [-0.25, -0.2) is 10.4 Å². The molecule has 0 saturated carbocycles. The van der Waals surface area contributed by atoms with Crippen LogP contribution in [0.15, 0.2) is 40.5 Å². The second-order valence-corrected chi connectivity index (χ2v) is 8.36. The lowest BCUT2D eigenvalue weighted by Gasteiger charge is -2.17. The molecule has 8 heteroatoms. The van der Waals surface area contributed by atoms with Crippen molar-refractivity contribution in [1.29, 1.82) is 0 Å². The van der Waals surface area contributed by atoms with Crippen molar-refractivity contribution >= 4 is 33.7 Å². The first kappa shape index (κ1) is 19.3. The van der Waals surface area contributed by atoms with Crippen LogP contribution in [-0.2, 0) is 24.2 Å². The van der Waals surface area contributed by atoms with E-state index in [2.05, 4.69) is 22.4 Å². The van der Waals surface area contributed by atoms with Crippen LogP contribution in [-0.4, -0.2) is 28.8 Å². The Bertz CT molecular complexity index is 1150. The molecule has 0 saturated heterocycles. The van der Waals surface area contributed by atoms with E-state index in [4.69, 9.17) is 4.74 Å². The van der Waals surface area contributed by atoms with Gasteiger partial charge in [-0.1, -0.05) is 19.1 Å². The Morgan fingerprint density at radius 2 is 2.34 bits per heavy atom. The van der Waals surface area contributed by atoms with Crippen molar-refractivity contribution in [2.45, 2.75) is 32.7 Å². The second-order valence-electron chi connectivity index (χ2n) is 7.28. The van der Waals surface area contributed by atoms with Crippen LogP contribution in [0.4, 0.5) is 0 Å². The van der Waals surface area contributed by atoms with Gasteiger partial charge in [0.05, 0.1) is 25.0 Å². The molecule has 1 amide bonds. The highest BCUT2D eigenvalue weighted by Crippen LogP contribution is 2.35. The van der Waals surface area contributed by atoms with Crippen LogP contribution in [0.2, 0.25) is 0 Å². The number of thiophene rings is 1. The highest BCUT2D eigenvalue weighted by atomic mass is 32.1. The summed E-state index contributed by atoms with van der Waals surface area (Å²) in [5.74, 6) is 0.954. The summed E-state index contributed by atoms with van der Waals surface area (Å²) in [5.41, 5.74) is 4.21. The third kappa shape index (κ3) is 4.07. The number of ether oxygens (including phenoxy) is 1. The van der Waals surface area contributed by atoms with Crippen LogP contribution in [0, 0.1) is 5.92 Å². The van der Waals surface area contributed by atoms with Crippen LogP contribution in [0.3, 0.4) is 0 Å². The molecule has 0 fully saturated rings. The lowest BCUT2D eigenvalue weighted by atomic mass is 9.89. The zero-order valence-corrected chi connectivity index (χ0v) is 17.2. The predicted molar refractivity (Wildman–Crippen MR) is 114 cm³/mol. The van der Waals surface area contributed by atoms with Crippen molar-refractivity contribution in [2.24, 2.45) is 11.0 Å². The van der Waals surface area contributed by atoms with Gasteiger partial charge in [0, 0.05) is 4.88 Å². The van der Waals surface area contributed by atoms with Gasteiger partial charge < -0.3 is 4.74 Å². The smallest absolute Gasteiger partial charge is 0.262 e. The first-order chi connectivity index (χ1) is 14.0. The average molecular weight is 410 g/mol. The Kier molecular flexibility index (Phi) is 5.44. The molecule has 4 rings (SSSR count). The Labute approximate surface area is 172 Å². The van der Waals surface area contributed by atoms with E-state index in [1.54, 1.807) is 24.5 Å². The second kappa shape index (κ2) is 8.16. The summed E-state index contributed by atoms with van der Waals surface area (Å²) in [6, 6.07) is 7.32. The lowest BCUT2D eigenvalue weighted by molar-refractivity contribution is -0.121. The van der Waals surface area contributed by atoms with E-state index >= 15 is 0 Å². The van der Waals surface area contributed by atoms with E-state index < -0.39 is 0 Å². The standard InChI is InChI=1S/C21H22N4O3S/c1-13-6-7-16-17(8-13)29-20-19(16)21(27)25(12-22-20)11-18(26)24-23-10-14-4-3-5-15(9-14)28-2/h3-5,9-10,12-13H,6-8,11H2,1-2H3,(H,24,26)/b23-10+/t13-/m1/s1. The number of carbonyl (C=O) groups is 1. The molecule has 1 atom stereocenters. The van der Waals surface area contributed by atoms with Crippen LogP contribution in [0.25, 0.3) is 10.2 Å². The monoisotopic (exact) mass is 410 g/mol. The maximum absolute atomic E-state index is 12.9. The Balaban J connectivity index is 1.49. The summed E-state index contributed by atoms with van der Waals surface area (Å²) in [7, 11) is 1.59. The molecule has 3 aromatic rings. The van der Waals surface area contributed by atoms with E-state index in [-0.39, 0.29) is 18.0 Å². The fourth-order valence-corrected chi connectivity index (χ4v) is 4.91.